The third-order valence-corrected chi connectivity index (χ3v) is 3.08. The van der Waals surface area contributed by atoms with Crippen LogP contribution in [-0.2, 0) is 0 Å². The Hall–Kier alpha value is -0.0800. The van der Waals surface area contributed by atoms with E-state index in [1.807, 2.05) is 0 Å². The number of aliphatic hydroxyl groups excluding tert-OH is 1. The fourth-order valence-electron chi connectivity index (χ4n) is 2.23. The summed E-state index contributed by atoms with van der Waals surface area (Å²) in [6.45, 7) is 1.21. The van der Waals surface area contributed by atoms with Crippen LogP contribution in [0.2, 0.25) is 0 Å². The lowest BCUT2D eigenvalue weighted by atomic mass is 9.79. The second-order valence-electron chi connectivity index (χ2n) is 3.98. The Morgan fingerprint density at radius 3 is 1.92 bits per heavy atom. The van der Waals surface area contributed by atoms with Crippen LogP contribution >= 0.6 is 0 Å². The van der Waals surface area contributed by atoms with Gasteiger partial charge in [-0.3, -0.25) is 0 Å². The third kappa shape index (κ3) is 3.11. The predicted molar refractivity (Wildman–Crippen MR) is 50.8 cm³/mol. The number of aliphatic hydroxyl groups is 1. The fraction of sp³-hybridized carbons (Fsp3) is 1.00. The number of hydrogen-bond donors (Lipinski definition) is 2. The summed E-state index contributed by atoms with van der Waals surface area (Å²) in [5.41, 5.74) is 5.51. The maximum Gasteiger partial charge on any atom is 0.0433 e. The van der Waals surface area contributed by atoms with E-state index in [1.165, 1.54) is 32.1 Å². The van der Waals surface area contributed by atoms with Crippen LogP contribution in [0, 0.1) is 11.8 Å². The molecule has 1 fully saturated rings. The van der Waals surface area contributed by atoms with Gasteiger partial charge in [-0.15, -0.1) is 0 Å². The van der Waals surface area contributed by atoms with Crippen molar-refractivity contribution in [3.05, 3.63) is 0 Å². The summed E-state index contributed by atoms with van der Waals surface area (Å²) in [5, 5.41) is 8.77. The summed E-state index contributed by atoms with van der Waals surface area (Å²) in [5.74, 6) is 1.67. The molecule has 0 amide bonds. The summed E-state index contributed by atoms with van der Waals surface area (Å²) >= 11 is 0. The van der Waals surface area contributed by atoms with Gasteiger partial charge in [0.05, 0.1) is 0 Å². The molecule has 0 aromatic carbocycles. The molecule has 0 radical (unpaired) electrons. The molecule has 1 aliphatic rings. The predicted octanol–water partition coefficient (Wildman–Crippen LogP) is 1.52. The van der Waals surface area contributed by atoms with Crippen LogP contribution in [0.1, 0.15) is 38.5 Å². The molecule has 0 unspecified atom stereocenters. The molecule has 72 valence electrons. The maximum absolute atomic E-state index is 8.77. The van der Waals surface area contributed by atoms with E-state index in [0.29, 0.717) is 6.61 Å². The van der Waals surface area contributed by atoms with E-state index in [0.717, 1.165) is 24.8 Å². The lowest BCUT2D eigenvalue weighted by molar-refractivity contribution is 0.203. The van der Waals surface area contributed by atoms with Gasteiger partial charge in [0.1, 0.15) is 0 Å². The first-order valence-electron chi connectivity index (χ1n) is 5.17. The molecule has 2 nitrogen and oxygen atoms in total. The number of hydrogen-bond acceptors (Lipinski definition) is 2. The Kier molecular flexibility index (Phi) is 4.62. The zero-order chi connectivity index (χ0) is 8.81. The van der Waals surface area contributed by atoms with Crippen molar-refractivity contribution in [3.8, 4) is 0 Å². The summed E-state index contributed by atoms with van der Waals surface area (Å²) in [4.78, 5) is 0. The molecule has 0 bridgehead atoms. The molecule has 0 atom stereocenters. The second kappa shape index (κ2) is 5.55. The van der Waals surface area contributed by atoms with E-state index >= 15 is 0 Å². The minimum Gasteiger partial charge on any atom is -0.396 e. The lowest BCUT2D eigenvalue weighted by Gasteiger charge is -2.27. The van der Waals surface area contributed by atoms with Crippen molar-refractivity contribution in [1.29, 1.82) is 0 Å². The van der Waals surface area contributed by atoms with Crippen molar-refractivity contribution < 1.29 is 5.11 Å². The molecule has 0 aromatic rings. The van der Waals surface area contributed by atoms with Crippen LogP contribution < -0.4 is 5.73 Å². The Morgan fingerprint density at radius 2 is 1.50 bits per heavy atom. The van der Waals surface area contributed by atoms with Gasteiger partial charge >= 0.3 is 0 Å². The highest BCUT2D eigenvalue weighted by Crippen LogP contribution is 2.31. The first-order valence-corrected chi connectivity index (χ1v) is 5.17. The quantitative estimate of drug-likeness (QED) is 0.673. The zero-order valence-corrected chi connectivity index (χ0v) is 7.84. The van der Waals surface area contributed by atoms with Crippen molar-refractivity contribution in [2.45, 2.75) is 38.5 Å². The summed E-state index contributed by atoms with van der Waals surface area (Å²) in [7, 11) is 0. The van der Waals surface area contributed by atoms with Crippen molar-refractivity contribution in [2.24, 2.45) is 17.6 Å². The summed E-state index contributed by atoms with van der Waals surface area (Å²) < 4.78 is 0. The molecule has 12 heavy (non-hydrogen) atoms. The molecular formula is C10H21NO. The normalized spacial score (nSPS) is 30.5. The molecule has 1 saturated carbocycles. The molecule has 0 aliphatic heterocycles. The topological polar surface area (TPSA) is 46.2 Å². The van der Waals surface area contributed by atoms with Crippen LogP contribution in [0.15, 0.2) is 0 Å². The molecule has 3 N–H and O–H groups in total. The molecule has 0 aromatic heterocycles. The van der Waals surface area contributed by atoms with Crippen LogP contribution in [0.3, 0.4) is 0 Å². The van der Waals surface area contributed by atoms with E-state index in [1.54, 1.807) is 0 Å². The molecule has 2 heteroatoms. The van der Waals surface area contributed by atoms with Crippen LogP contribution in [0.25, 0.3) is 0 Å². The first kappa shape index (κ1) is 10.0. The largest absolute Gasteiger partial charge is 0.396 e. The highest BCUT2D eigenvalue weighted by molar-refractivity contribution is 4.72. The van der Waals surface area contributed by atoms with Crippen molar-refractivity contribution in [3.63, 3.8) is 0 Å². The number of nitrogens with two attached hydrogens (primary N) is 1. The van der Waals surface area contributed by atoms with Gasteiger partial charge in [0.15, 0.2) is 0 Å². The van der Waals surface area contributed by atoms with Crippen LogP contribution in [0.4, 0.5) is 0 Å². The number of rotatable bonds is 4. The van der Waals surface area contributed by atoms with Crippen molar-refractivity contribution >= 4 is 0 Å². The van der Waals surface area contributed by atoms with E-state index in [-0.39, 0.29) is 0 Å². The van der Waals surface area contributed by atoms with Crippen LogP contribution in [-0.4, -0.2) is 18.3 Å². The summed E-state index contributed by atoms with van der Waals surface area (Å²) in [6.07, 6.45) is 7.50. The Morgan fingerprint density at radius 1 is 1.00 bits per heavy atom. The Balaban J connectivity index is 2.11. The minimum atomic E-state index is 0.367. The van der Waals surface area contributed by atoms with E-state index in [4.69, 9.17) is 10.8 Å². The zero-order valence-electron chi connectivity index (χ0n) is 7.84. The SMILES string of the molecule is NCCC1CCC(CCO)CC1. The van der Waals surface area contributed by atoms with E-state index < -0.39 is 0 Å². The molecule has 0 spiro atoms. The Labute approximate surface area is 75.2 Å². The Bertz CT molecular complexity index is 94.4. The van der Waals surface area contributed by atoms with Gasteiger partial charge in [-0.1, -0.05) is 25.7 Å². The second-order valence-corrected chi connectivity index (χ2v) is 3.98. The monoisotopic (exact) mass is 171 g/mol. The van der Waals surface area contributed by atoms with E-state index in [2.05, 4.69) is 0 Å². The standard InChI is InChI=1S/C10H21NO/c11-7-5-9-1-3-10(4-2-9)6-8-12/h9-10,12H,1-8,11H2. The maximum atomic E-state index is 8.77. The van der Waals surface area contributed by atoms with Crippen LogP contribution in [0.5, 0.6) is 0 Å². The van der Waals surface area contributed by atoms with Gasteiger partial charge < -0.3 is 10.8 Å². The molecule has 0 saturated heterocycles. The van der Waals surface area contributed by atoms with Gasteiger partial charge in [-0.05, 0) is 31.2 Å². The summed E-state index contributed by atoms with van der Waals surface area (Å²) in [6, 6.07) is 0. The fourth-order valence-corrected chi connectivity index (χ4v) is 2.23. The van der Waals surface area contributed by atoms with Crippen molar-refractivity contribution in [1.82, 2.24) is 0 Å². The van der Waals surface area contributed by atoms with Gasteiger partial charge in [-0.2, -0.15) is 0 Å². The molecule has 0 heterocycles. The molecule has 1 rings (SSSR count). The van der Waals surface area contributed by atoms with E-state index in [9.17, 15) is 0 Å². The van der Waals surface area contributed by atoms with Gasteiger partial charge in [0.25, 0.3) is 0 Å². The average molecular weight is 171 g/mol. The average Bonchev–Trinajstić information content (AvgIpc) is 2.09. The molecular weight excluding hydrogens is 150 g/mol. The molecule has 1 aliphatic carbocycles. The lowest BCUT2D eigenvalue weighted by Crippen LogP contribution is -2.18. The van der Waals surface area contributed by atoms with Crippen molar-refractivity contribution in [2.75, 3.05) is 13.2 Å². The highest BCUT2D eigenvalue weighted by atomic mass is 16.3. The van der Waals surface area contributed by atoms with Gasteiger partial charge in [0.2, 0.25) is 0 Å². The smallest absolute Gasteiger partial charge is 0.0433 e. The third-order valence-electron chi connectivity index (χ3n) is 3.08. The van der Waals surface area contributed by atoms with Gasteiger partial charge in [-0.25, -0.2) is 0 Å². The highest BCUT2D eigenvalue weighted by Gasteiger charge is 2.19. The van der Waals surface area contributed by atoms with Gasteiger partial charge in [0, 0.05) is 6.61 Å². The minimum absolute atomic E-state index is 0.367. The first-order chi connectivity index (χ1) is 5.86.